The van der Waals surface area contributed by atoms with Crippen LogP contribution < -0.4 is 9.47 Å². The molecule has 0 saturated heterocycles. The number of aliphatic hydroxyl groups excluding tert-OH is 1. The lowest BCUT2D eigenvalue weighted by atomic mass is 10.2. The van der Waals surface area contributed by atoms with Gasteiger partial charge in [-0.25, -0.2) is 0 Å². The van der Waals surface area contributed by atoms with E-state index in [9.17, 15) is 0 Å². The van der Waals surface area contributed by atoms with Crippen LogP contribution in [-0.4, -0.2) is 25.1 Å². The van der Waals surface area contributed by atoms with E-state index in [4.69, 9.17) is 14.6 Å². The smallest absolute Gasteiger partial charge is 0.174 e. The Balaban J connectivity index is 3.09. The molecule has 0 unspecified atom stereocenters. The molecule has 0 aliphatic carbocycles. The third-order valence-corrected chi connectivity index (χ3v) is 2.90. The van der Waals surface area contributed by atoms with Gasteiger partial charge >= 0.3 is 0 Å². The Labute approximate surface area is 101 Å². The van der Waals surface area contributed by atoms with Crippen molar-refractivity contribution in [2.24, 2.45) is 0 Å². The van der Waals surface area contributed by atoms with Crippen LogP contribution in [0.4, 0.5) is 0 Å². The van der Waals surface area contributed by atoms with Crippen LogP contribution in [0.5, 0.6) is 11.5 Å². The van der Waals surface area contributed by atoms with Gasteiger partial charge in [-0.3, -0.25) is 0 Å². The molecule has 1 rings (SSSR count). The number of methoxy groups -OCH3 is 1. The van der Waals surface area contributed by atoms with E-state index in [0.717, 1.165) is 22.6 Å². The van der Waals surface area contributed by atoms with Crippen LogP contribution >= 0.6 is 11.8 Å². The summed E-state index contributed by atoms with van der Waals surface area (Å²) >= 11 is 1.59. The van der Waals surface area contributed by atoms with Gasteiger partial charge in [0.25, 0.3) is 0 Å². The van der Waals surface area contributed by atoms with Crippen molar-refractivity contribution in [1.82, 2.24) is 0 Å². The maximum atomic E-state index is 9.14. The second-order valence-electron chi connectivity index (χ2n) is 3.34. The van der Waals surface area contributed by atoms with E-state index in [1.54, 1.807) is 18.9 Å². The molecule has 0 atom stereocenters. The SMILES string of the molecule is CCCOc1c(OC)cc(CO)cc1SC. The zero-order chi connectivity index (χ0) is 12.0. The van der Waals surface area contributed by atoms with Gasteiger partial charge in [0.2, 0.25) is 0 Å². The Morgan fingerprint density at radius 3 is 2.62 bits per heavy atom. The monoisotopic (exact) mass is 242 g/mol. The van der Waals surface area contributed by atoms with Crippen LogP contribution in [0.1, 0.15) is 18.9 Å². The summed E-state index contributed by atoms with van der Waals surface area (Å²) in [6.07, 6.45) is 2.94. The van der Waals surface area contributed by atoms with Gasteiger partial charge in [-0.15, -0.1) is 11.8 Å². The van der Waals surface area contributed by atoms with Gasteiger partial charge in [0.15, 0.2) is 11.5 Å². The molecule has 0 bridgehead atoms. The lowest BCUT2D eigenvalue weighted by molar-refractivity contribution is 0.274. The maximum absolute atomic E-state index is 9.14. The molecule has 0 heterocycles. The van der Waals surface area contributed by atoms with Crippen LogP contribution in [0, 0.1) is 0 Å². The fraction of sp³-hybridized carbons (Fsp3) is 0.500. The number of rotatable bonds is 6. The fourth-order valence-electron chi connectivity index (χ4n) is 1.37. The summed E-state index contributed by atoms with van der Waals surface area (Å²) in [5, 5.41) is 9.14. The molecule has 0 saturated carbocycles. The molecule has 0 aliphatic heterocycles. The largest absolute Gasteiger partial charge is 0.493 e. The summed E-state index contributed by atoms with van der Waals surface area (Å²) in [7, 11) is 1.61. The molecule has 0 radical (unpaired) electrons. The summed E-state index contributed by atoms with van der Waals surface area (Å²) < 4.78 is 10.9. The minimum atomic E-state index is 0.0119. The summed E-state index contributed by atoms with van der Waals surface area (Å²) in [5.41, 5.74) is 0.838. The Morgan fingerprint density at radius 1 is 1.38 bits per heavy atom. The van der Waals surface area contributed by atoms with Crippen molar-refractivity contribution >= 4 is 11.8 Å². The van der Waals surface area contributed by atoms with Crippen molar-refractivity contribution in [3.05, 3.63) is 17.7 Å². The zero-order valence-electron chi connectivity index (χ0n) is 9.95. The van der Waals surface area contributed by atoms with Crippen molar-refractivity contribution in [3.8, 4) is 11.5 Å². The molecule has 0 aliphatic rings. The molecule has 3 nitrogen and oxygen atoms in total. The average molecular weight is 242 g/mol. The van der Waals surface area contributed by atoms with E-state index >= 15 is 0 Å². The zero-order valence-corrected chi connectivity index (χ0v) is 10.8. The van der Waals surface area contributed by atoms with Crippen molar-refractivity contribution in [2.75, 3.05) is 20.0 Å². The topological polar surface area (TPSA) is 38.7 Å². The lowest BCUT2D eigenvalue weighted by Gasteiger charge is -2.14. The first kappa shape index (κ1) is 13.2. The maximum Gasteiger partial charge on any atom is 0.174 e. The van der Waals surface area contributed by atoms with Gasteiger partial charge in [-0.1, -0.05) is 6.92 Å². The third-order valence-electron chi connectivity index (χ3n) is 2.15. The minimum Gasteiger partial charge on any atom is -0.493 e. The molecular weight excluding hydrogens is 224 g/mol. The predicted molar refractivity (Wildman–Crippen MR) is 66.5 cm³/mol. The summed E-state index contributed by atoms with van der Waals surface area (Å²) in [4.78, 5) is 0.997. The highest BCUT2D eigenvalue weighted by atomic mass is 32.2. The van der Waals surface area contributed by atoms with Crippen LogP contribution in [0.3, 0.4) is 0 Å². The Hall–Kier alpha value is -0.870. The van der Waals surface area contributed by atoms with Crippen LogP contribution in [-0.2, 0) is 6.61 Å². The highest BCUT2D eigenvalue weighted by Gasteiger charge is 2.12. The molecule has 90 valence electrons. The van der Waals surface area contributed by atoms with E-state index in [-0.39, 0.29) is 6.61 Å². The highest BCUT2D eigenvalue weighted by Crippen LogP contribution is 2.38. The van der Waals surface area contributed by atoms with Gasteiger partial charge in [-0.2, -0.15) is 0 Å². The Morgan fingerprint density at radius 2 is 2.12 bits per heavy atom. The van der Waals surface area contributed by atoms with Crippen LogP contribution in [0.25, 0.3) is 0 Å². The second-order valence-corrected chi connectivity index (χ2v) is 4.18. The van der Waals surface area contributed by atoms with Gasteiger partial charge in [0, 0.05) is 0 Å². The van der Waals surface area contributed by atoms with E-state index < -0.39 is 0 Å². The number of hydrogen-bond acceptors (Lipinski definition) is 4. The second kappa shape index (κ2) is 6.66. The molecule has 1 aromatic carbocycles. The molecule has 1 N–H and O–H groups in total. The molecule has 0 spiro atoms. The van der Waals surface area contributed by atoms with Crippen molar-refractivity contribution in [2.45, 2.75) is 24.8 Å². The van der Waals surface area contributed by atoms with Crippen molar-refractivity contribution in [3.63, 3.8) is 0 Å². The summed E-state index contributed by atoms with van der Waals surface area (Å²) in [5.74, 6) is 1.46. The molecule has 16 heavy (non-hydrogen) atoms. The molecular formula is C12H18O3S. The quantitative estimate of drug-likeness (QED) is 0.778. The van der Waals surface area contributed by atoms with E-state index in [0.29, 0.717) is 12.4 Å². The first-order valence-corrected chi connectivity index (χ1v) is 6.47. The standard InChI is InChI=1S/C12H18O3S/c1-4-5-15-12-10(14-2)6-9(8-13)7-11(12)16-3/h6-7,13H,4-5,8H2,1-3H3. The Bertz CT molecular complexity index is 314. The molecule has 4 heteroatoms. The number of thioether (sulfide) groups is 1. The van der Waals surface area contributed by atoms with Gasteiger partial charge in [0.05, 0.1) is 25.2 Å². The fourth-order valence-corrected chi connectivity index (χ4v) is 1.99. The highest BCUT2D eigenvalue weighted by molar-refractivity contribution is 7.98. The molecule has 0 amide bonds. The predicted octanol–water partition coefficient (Wildman–Crippen LogP) is 2.70. The van der Waals surface area contributed by atoms with Crippen LogP contribution in [0.15, 0.2) is 17.0 Å². The van der Waals surface area contributed by atoms with E-state index in [1.807, 2.05) is 18.4 Å². The number of hydrogen-bond donors (Lipinski definition) is 1. The first-order chi connectivity index (χ1) is 7.76. The average Bonchev–Trinajstić information content (AvgIpc) is 2.35. The molecule has 0 aromatic heterocycles. The number of benzene rings is 1. The Kier molecular flexibility index (Phi) is 5.49. The molecule has 1 aromatic rings. The molecule has 0 fully saturated rings. The first-order valence-electron chi connectivity index (χ1n) is 5.25. The number of ether oxygens (including phenoxy) is 2. The van der Waals surface area contributed by atoms with Crippen molar-refractivity contribution < 1.29 is 14.6 Å². The van der Waals surface area contributed by atoms with Crippen molar-refractivity contribution in [1.29, 1.82) is 0 Å². The lowest BCUT2D eigenvalue weighted by Crippen LogP contribution is -2.00. The van der Waals surface area contributed by atoms with Gasteiger partial charge < -0.3 is 14.6 Å². The normalized spacial score (nSPS) is 10.2. The summed E-state index contributed by atoms with van der Waals surface area (Å²) in [6, 6.07) is 3.74. The third kappa shape index (κ3) is 3.06. The van der Waals surface area contributed by atoms with E-state index in [1.165, 1.54) is 0 Å². The summed E-state index contributed by atoms with van der Waals surface area (Å²) in [6.45, 7) is 2.74. The number of aliphatic hydroxyl groups is 1. The minimum absolute atomic E-state index is 0.0119. The van der Waals surface area contributed by atoms with E-state index in [2.05, 4.69) is 6.92 Å². The van der Waals surface area contributed by atoms with Crippen LogP contribution in [0.2, 0.25) is 0 Å². The van der Waals surface area contributed by atoms with Gasteiger partial charge in [-0.05, 0) is 30.4 Å². The van der Waals surface area contributed by atoms with Gasteiger partial charge in [0.1, 0.15) is 0 Å².